The fraction of sp³-hybridized carbons (Fsp3) is 0.267. The number of benzene rings is 1. The minimum Gasteiger partial charge on any atom is -0.397 e. The first-order chi connectivity index (χ1) is 9.34. The number of rotatable bonds is 3. The fourth-order valence-electron chi connectivity index (χ4n) is 2.29. The van der Waals surface area contributed by atoms with E-state index in [1.54, 1.807) is 18.0 Å². The lowest BCUT2D eigenvalue weighted by molar-refractivity contribution is 0.0588. The number of thioether (sulfide) groups is 1. The zero-order valence-electron chi connectivity index (χ0n) is 10.6. The second kappa shape index (κ2) is 5.63. The maximum Gasteiger partial charge on any atom is 0.119 e. The van der Waals surface area contributed by atoms with E-state index in [2.05, 4.69) is 29.2 Å². The van der Waals surface area contributed by atoms with Crippen molar-refractivity contribution in [3.05, 3.63) is 53.7 Å². The van der Waals surface area contributed by atoms with Crippen LogP contribution in [0.25, 0.3) is 0 Å². The Morgan fingerprint density at radius 2 is 2.16 bits per heavy atom. The van der Waals surface area contributed by atoms with E-state index in [0.29, 0.717) is 0 Å². The molecule has 19 heavy (non-hydrogen) atoms. The molecule has 0 aliphatic carbocycles. The van der Waals surface area contributed by atoms with Gasteiger partial charge in [-0.3, -0.25) is 0 Å². The molecule has 0 amide bonds. The number of pyridine rings is 1. The summed E-state index contributed by atoms with van der Waals surface area (Å²) in [6.07, 6.45) is 2.91. The van der Waals surface area contributed by atoms with Crippen molar-refractivity contribution in [1.82, 2.24) is 4.98 Å². The van der Waals surface area contributed by atoms with Crippen LogP contribution in [0.3, 0.4) is 0 Å². The number of nitrogens with zero attached hydrogens (tertiary/aromatic N) is 1. The van der Waals surface area contributed by atoms with Crippen molar-refractivity contribution in [1.29, 1.82) is 0 Å². The van der Waals surface area contributed by atoms with E-state index in [4.69, 9.17) is 10.5 Å². The molecular formula is C15H16N2OS. The van der Waals surface area contributed by atoms with Crippen molar-refractivity contribution in [3.8, 4) is 0 Å². The molecule has 1 aromatic heterocycles. The van der Waals surface area contributed by atoms with Gasteiger partial charge in [-0.05, 0) is 29.7 Å². The minimum absolute atomic E-state index is 0.136. The average molecular weight is 272 g/mol. The van der Waals surface area contributed by atoms with Crippen LogP contribution in [0.1, 0.15) is 17.2 Å². The Hall–Kier alpha value is -1.52. The summed E-state index contributed by atoms with van der Waals surface area (Å²) in [7, 11) is 0. The van der Waals surface area contributed by atoms with Gasteiger partial charge < -0.3 is 10.5 Å². The zero-order chi connectivity index (χ0) is 13.1. The fourth-order valence-corrected chi connectivity index (χ4v) is 3.25. The number of fused-ring (bicyclic) bond motifs is 1. The van der Waals surface area contributed by atoms with Crippen molar-refractivity contribution in [3.63, 3.8) is 0 Å². The average Bonchev–Trinajstić information content (AvgIpc) is 2.46. The lowest BCUT2D eigenvalue weighted by Gasteiger charge is -2.25. The molecule has 3 nitrogen and oxygen atoms in total. The Labute approximate surface area is 117 Å². The summed E-state index contributed by atoms with van der Waals surface area (Å²) < 4.78 is 5.88. The van der Waals surface area contributed by atoms with E-state index < -0.39 is 0 Å². The van der Waals surface area contributed by atoms with Crippen LogP contribution in [0, 0.1) is 0 Å². The van der Waals surface area contributed by atoms with E-state index in [1.807, 2.05) is 12.1 Å². The highest BCUT2D eigenvalue weighted by molar-refractivity contribution is 7.99. The molecule has 1 aromatic carbocycles. The second-order valence-corrected chi connectivity index (χ2v) is 5.53. The van der Waals surface area contributed by atoms with E-state index in [1.165, 1.54) is 11.1 Å². The number of anilines is 1. The SMILES string of the molecule is Nc1cccnc1SCC1OCCc2ccccc21. The van der Waals surface area contributed by atoms with Crippen molar-refractivity contribution >= 4 is 17.4 Å². The molecule has 2 N–H and O–H groups in total. The number of aromatic nitrogens is 1. The van der Waals surface area contributed by atoms with Crippen LogP contribution in [0.15, 0.2) is 47.6 Å². The van der Waals surface area contributed by atoms with Gasteiger partial charge in [0.1, 0.15) is 5.03 Å². The Kier molecular flexibility index (Phi) is 3.71. The van der Waals surface area contributed by atoms with Gasteiger partial charge in [0.2, 0.25) is 0 Å². The highest BCUT2D eigenvalue weighted by Gasteiger charge is 2.20. The monoisotopic (exact) mass is 272 g/mol. The quantitative estimate of drug-likeness (QED) is 0.872. The van der Waals surface area contributed by atoms with Gasteiger partial charge in [0.15, 0.2) is 0 Å². The molecule has 1 unspecified atom stereocenters. The molecule has 0 saturated carbocycles. The number of ether oxygens (including phenoxy) is 1. The molecular weight excluding hydrogens is 256 g/mol. The molecule has 0 radical (unpaired) electrons. The Balaban J connectivity index is 1.73. The van der Waals surface area contributed by atoms with Gasteiger partial charge in [0.25, 0.3) is 0 Å². The largest absolute Gasteiger partial charge is 0.397 e. The Morgan fingerprint density at radius 1 is 1.26 bits per heavy atom. The van der Waals surface area contributed by atoms with Crippen LogP contribution < -0.4 is 5.73 Å². The third-order valence-electron chi connectivity index (χ3n) is 3.26. The number of hydrogen-bond acceptors (Lipinski definition) is 4. The smallest absolute Gasteiger partial charge is 0.119 e. The normalized spacial score (nSPS) is 18.0. The van der Waals surface area contributed by atoms with E-state index in [-0.39, 0.29) is 6.10 Å². The predicted molar refractivity (Wildman–Crippen MR) is 78.2 cm³/mol. The van der Waals surface area contributed by atoms with E-state index in [0.717, 1.165) is 29.5 Å². The number of nitrogens with two attached hydrogens (primary N) is 1. The summed E-state index contributed by atoms with van der Waals surface area (Å²) in [5.41, 5.74) is 9.34. The summed E-state index contributed by atoms with van der Waals surface area (Å²) in [5, 5.41) is 0.883. The third-order valence-corrected chi connectivity index (χ3v) is 4.35. The lowest BCUT2D eigenvalue weighted by Crippen LogP contribution is -2.18. The first-order valence-electron chi connectivity index (χ1n) is 6.37. The molecule has 4 heteroatoms. The molecule has 1 aliphatic rings. The molecule has 2 heterocycles. The molecule has 2 aromatic rings. The lowest BCUT2D eigenvalue weighted by atomic mass is 9.99. The summed E-state index contributed by atoms with van der Waals surface area (Å²) in [6.45, 7) is 0.792. The van der Waals surface area contributed by atoms with Crippen LogP contribution in [0.4, 0.5) is 5.69 Å². The Bertz CT molecular complexity index is 574. The van der Waals surface area contributed by atoms with Crippen molar-refractivity contribution < 1.29 is 4.74 Å². The van der Waals surface area contributed by atoms with Crippen LogP contribution in [0.5, 0.6) is 0 Å². The molecule has 3 rings (SSSR count). The maximum absolute atomic E-state index is 5.91. The topological polar surface area (TPSA) is 48.1 Å². The van der Waals surface area contributed by atoms with Crippen molar-refractivity contribution in [2.45, 2.75) is 17.6 Å². The summed E-state index contributed by atoms with van der Waals surface area (Å²) in [6, 6.07) is 12.2. The third kappa shape index (κ3) is 2.74. The van der Waals surface area contributed by atoms with Crippen molar-refractivity contribution in [2.75, 3.05) is 18.1 Å². The molecule has 0 saturated heterocycles. The highest BCUT2D eigenvalue weighted by Crippen LogP contribution is 2.33. The summed E-state index contributed by atoms with van der Waals surface area (Å²) in [5.74, 6) is 0.845. The molecule has 98 valence electrons. The van der Waals surface area contributed by atoms with Crippen LogP contribution in [-0.4, -0.2) is 17.3 Å². The highest BCUT2D eigenvalue weighted by atomic mass is 32.2. The van der Waals surface area contributed by atoms with Crippen LogP contribution in [0.2, 0.25) is 0 Å². The van der Waals surface area contributed by atoms with Gasteiger partial charge in [-0.2, -0.15) is 0 Å². The number of hydrogen-bond donors (Lipinski definition) is 1. The van der Waals surface area contributed by atoms with Crippen LogP contribution in [-0.2, 0) is 11.2 Å². The predicted octanol–water partition coefficient (Wildman–Crippen LogP) is 3.07. The first-order valence-corrected chi connectivity index (χ1v) is 7.36. The van der Waals surface area contributed by atoms with Gasteiger partial charge >= 0.3 is 0 Å². The first kappa shape index (κ1) is 12.5. The van der Waals surface area contributed by atoms with Gasteiger partial charge in [0.05, 0.1) is 18.4 Å². The summed E-state index contributed by atoms with van der Waals surface area (Å²) in [4.78, 5) is 4.30. The molecule has 1 aliphatic heterocycles. The van der Waals surface area contributed by atoms with Crippen LogP contribution >= 0.6 is 11.8 Å². The van der Waals surface area contributed by atoms with Crippen molar-refractivity contribution in [2.24, 2.45) is 0 Å². The zero-order valence-corrected chi connectivity index (χ0v) is 11.4. The molecule has 1 atom stereocenters. The standard InChI is InChI=1S/C15H16N2OS/c16-13-6-3-8-17-15(13)19-10-14-12-5-2-1-4-11(12)7-9-18-14/h1-6,8,14H,7,9-10,16H2. The molecule has 0 bridgehead atoms. The maximum atomic E-state index is 5.91. The minimum atomic E-state index is 0.136. The van der Waals surface area contributed by atoms with Gasteiger partial charge in [0, 0.05) is 11.9 Å². The molecule has 0 spiro atoms. The van der Waals surface area contributed by atoms with E-state index in [9.17, 15) is 0 Å². The Morgan fingerprint density at radius 3 is 3.05 bits per heavy atom. The second-order valence-electron chi connectivity index (χ2n) is 4.52. The number of nitrogen functional groups attached to an aromatic ring is 1. The molecule has 0 fully saturated rings. The van der Waals surface area contributed by atoms with E-state index >= 15 is 0 Å². The summed E-state index contributed by atoms with van der Waals surface area (Å²) >= 11 is 1.66. The van der Waals surface area contributed by atoms with Gasteiger partial charge in [-0.25, -0.2) is 4.98 Å². The van der Waals surface area contributed by atoms with Gasteiger partial charge in [-0.1, -0.05) is 24.3 Å². The van der Waals surface area contributed by atoms with Gasteiger partial charge in [-0.15, -0.1) is 11.8 Å².